The number of hydrogen-bond acceptors (Lipinski definition) is 5. The number of aromatic nitrogens is 1. The zero-order valence-electron chi connectivity index (χ0n) is 14.9. The summed E-state index contributed by atoms with van der Waals surface area (Å²) in [6, 6.07) is 1.24. The first kappa shape index (κ1) is 18.0. The first-order valence-electron chi connectivity index (χ1n) is 8.05. The maximum atomic E-state index is 12.3. The summed E-state index contributed by atoms with van der Waals surface area (Å²) in [5.74, 6) is 0.221. The van der Waals surface area contributed by atoms with Gasteiger partial charge in [-0.1, -0.05) is 6.07 Å². The summed E-state index contributed by atoms with van der Waals surface area (Å²) in [5, 5.41) is 3.30. The maximum Gasteiger partial charge on any atom is 0.411 e. The van der Waals surface area contributed by atoms with E-state index < -0.39 is 23.6 Å². The minimum absolute atomic E-state index is 0.107. The van der Waals surface area contributed by atoms with Crippen molar-refractivity contribution in [2.45, 2.75) is 58.7 Å². The van der Waals surface area contributed by atoms with Crippen LogP contribution in [0.4, 0.5) is 10.6 Å². The Hall–Kier alpha value is -2.31. The van der Waals surface area contributed by atoms with Gasteiger partial charge in [-0.25, -0.2) is 9.78 Å². The second-order valence-corrected chi connectivity index (χ2v) is 7.31. The summed E-state index contributed by atoms with van der Waals surface area (Å²) >= 11 is 0. The highest BCUT2D eigenvalue weighted by atomic mass is 16.6. The monoisotopic (exact) mass is 334 g/mol. The molecule has 2 heterocycles. The van der Waals surface area contributed by atoms with Gasteiger partial charge in [-0.15, -0.1) is 0 Å². The summed E-state index contributed by atoms with van der Waals surface area (Å²) in [5.41, 5.74) is 6.93. The van der Waals surface area contributed by atoms with Crippen LogP contribution in [0.15, 0.2) is 12.3 Å². The van der Waals surface area contributed by atoms with Crippen molar-refractivity contribution in [2.24, 2.45) is 5.73 Å². The van der Waals surface area contributed by atoms with Crippen LogP contribution in [0.5, 0.6) is 0 Å². The number of nitrogens with two attached hydrogens (primary N) is 1. The predicted octanol–water partition coefficient (Wildman–Crippen LogP) is 1.97. The fraction of sp³-hybridized carbons (Fsp3) is 0.588. The van der Waals surface area contributed by atoms with Crippen LogP contribution >= 0.6 is 0 Å². The van der Waals surface area contributed by atoms with E-state index in [1.54, 1.807) is 27.0 Å². The molecule has 0 spiro atoms. The van der Waals surface area contributed by atoms with Crippen LogP contribution < -0.4 is 11.1 Å². The van der Waals surface area contributed by atoms with Crippen molar-refractivity contribution in [3.63, 3.8) is 0 Å². The molecule has 1 fully saturated rings. The standard InChI is InChI=1S/C17H26N4O3/c1-10-6-11(2)15(19-8-10)20-12-7-13(14(18)22)21(9-12)16(23)24-17(3,4)5/h6,8,12-13H,7,9H2,1-5H3,(H2,18,22)(H,19,20)/t12-,13-/m0/s1. The van der Waals surface area contributed by atoms with Gasteiger partial charge < -0.3 is 15.8 Å². The molecule has 7 heteroatoms. The molecule has 1 aliphatic rings. The Bertz CT molecular complexity index is 639. The lowest BCUT2D eigenvalue weighted by atomic mass is 10.1. The molecule has 2 rings (SSSR count). The van der Waals surface area contributed by atoms with Gasteiger partial charge in [0.1, 0.15) is 17.5 Å². The number of ether oxygens (including phenoxy) is 1. The van der Waals surface area contributed by atoms with Gasteiger partial charge in [0, 0.05) is 18.8 Å². The van der Waals surface area contributed by atoms with Crippen molar-refractivity contribution in [3.05, 3.63) is 23.4 Å². The number of nitrogens with one attached hydrogen (secondary N) is 1. The fourth-order valence-corrected chi connectivity index (χ4v) is 2.79. The average Bonchev–Trinajstić information content (AvgIpc) is 2.84. The lowest BCUT2D eigenvalue weighted by Gasteiger charge is -2.27. The van der Waals surface area contributed by atoms with Gasteiger partial charge in [0.25, 0.3) is 0 Å². The minimum Gasteiger partial charge on any atom is -0.444 e. The number of aryl methyl sites for hydroxylation is 2. The second kappa shape index (κ2) is 6.67. The van der Waals surface area contributed by atoms with E-state index in [1.807, 2.05) is 19.9 Å². The van der Waals surface area contributed by atoms with Crippen LogP contribution in [0, 0.1) is 13.8 Å². The van der Waals surface area contributed by atoms with Gasteiger partial charge in [0.05, 0.1) is 0 Å². The first-order valence-corrected chi connectivity index (χ1v) is 8.05. The Kier molecular flexibility index (Phi) is 5.01. The summed E-state index contributed by atoms with van der Waals surface area (Å²) in [4.78, 5) is 29.8. The van der Waals surface area contributed by atoms with Crippen molar-refractivity contribution < 1.29 is 14.3 Å². The molecule has 0 unspecified atom stereocenters. The predicted molar refractivity (Wildman–Crippen MR) is 91.7 cm³/mol. The van der Waals surface area contributed by atoms with Crippen LogP contribution in [0.25, 0.3) is 0 Å². The third kappa shape index (κ3) is 4.37. The molecule has 2 atom stereocenters. The van der Waals surface area contributed by atoms with E-state index in [0.29, 0.717) is 13.0 Å². The number of likely N-dealkylation sites (tertiary alicyclic amines) is 1. The number of rotatable bonds is 3. The molecular weight excluding hydrogens is 308 g/mol. The van der Waals surface area contributed by atoms with Crippen LogP contribution in [0.1, 0.15) is 38.3 Å². The summed E-state index contributed by atoms with van der Waals surface area (Å²) < 4.78 is 5.38. The SMILES string of the molecule is Cc1cnc(N[C@H]2C[C@@H](C(N)=O)N(C(=O)OC(C)(C)C)C2)c(C)c1. The number of amides is 2. The van der Waals surface area contributed by atoms with Crippen molar-refractivity contribution in [2.75, 3.05) is 11.9 Å². The molecule has 0 aliphatic carbocycles. The molecule has 3 N–H and O–H groups in total. The Morgan fingerprint density at radius 3 is 2.58 bits per heavy atom. The Balaban J connectivity index is 2.11. The smallest absolute Gasteiger partial charge is 0.411 e. The number of carbonyl (C=O) groups excluding carboxylic acids is 2. The molecule has 0 aromatic carbocycles. The number of pyridine rings is 1. The molecule has 1 aromatic heterocycles. The maximum absolute atomic E-state index is 12.3. The van der Waals surface area contributed by atoms with Crippen molar-refractivity contribution >= 4 is 17.8 Å². The summed E-state index contributed by atoms with van der Waals surface area (Å²) in [6.45, 7) is 9.65. The Morgan fingerprint density at radius 2 is 2.04 bits per heavy atom. The average molecular weight is 334 g/mol. The highest BCUT2D eigenvalue weighted by molar-refractivity contribution is 5.85. The second-order valence-electron chi connectivity index (χ2n) is 7.31. The number of carbonyl (C=O) groups is 2. The largest absolute Gasteiger partial charge is 0.444 e. The van der Waals surface area contributed by atoms with Crippen LogP contribution in [-0.4, -0.2) is 46.1 Å². The highest BCUT2D eigenvalue weighted by Crippen LogP contribution is 2.24. The molecule has 0 saturated carbocycles. The molecule has 0 radical (unpaired) electrons. The third-order valence-corrected chi connectivity index (χ3v) is 3.81. The quantitative estimate of drug-likeness (QED) is 0.881. The van der Waals surface area contributed by atoms with E-state index in [-0.39, 0.29) is 6.04 Å². The van der Waals surface area contributed by atoms with E-state index in [4.69, 9.17) is 10.5 Å². The van der Waals surface area contributed by atoms with Gasteiger partial charge in [-0.05, 0) is 52.2 Å². The van der Waals surface area contributed by atoms with Crippen LogP contribution in [0.2, 0.25) is 0 Å². The number of hydrogen-bond donors (Lipinski definition) is 2. The van der Waals surface area contributed by atoms with E-state index in [9.17, 15) is 9.59 Å². The number of primary amides is 1. The third-order valence-electron chi connectivity index (χ3n) is 3.81. The van der Waals surface area contributed by atoms with Crippen LogP contribution in [0.3, 0.4) is 0 Å². The molecule has 7 nitrogen and oxygen atoms in total. The number of anilines is 1. The zero-order chi connectivity index (χ0) is 18.1. The van der Waals surface area contributed by atoms with Crippen LogP contribution in [-0.2, 0) is 9.53 Å². The topological polar surface area (TPSA) is 97.5 Å². The van der Waals surface area contributed by atoms with Gasteiger partial charge in [0.2, 0.25) is 5.91 Å². The zero-order valence-corrected chi connectivity index (χ0v) is 14.9. The molecule has 1 aliphatic heterocycles. The number of nitrogens with zero attached hydrogens (tertiary/aromatic N) is 2. The van der Waals surface area contributed by atoms with Gasteiger partial charge >= 0.3 is 6.09 Å². The molecule has 1 saturated heterocycles. The molecule has 1 aromatic rings. The lowest BCUT2D eigenvalue weighted by molar-refractivity contribution is -0.122. The Morgan fingerprint density at radius 1 is 1.38 bits per heavy atom. The Labute approximate surface area is 142 Å². The molecular formula is C17H26N4O3. The van der Waals surface area contributed by atoms with Crippen molar-refractivity contribution in [1.82, 2.24) is 9.88 Å². The molecule has 24 heavy (non-hydrogen) atoms. The highest BCUT2D eigenvalue weighted by Gasteiger charge is 2.40. The van der Waals surface area contributed by atoms with E-state index in [1.165, 1.54) is 4.90 Å². The molecule has 0 bridgehead atoms. The van der Waals surface area contributed by atoms with E-state index in [2.05, 4.69) is 10.3 Å². The van der Waals surface area contributed by atoms with Gasteiger partial charge in [-0.3, -0.25) is 9.69 Å². The summed E-state index contributed by atoms with van der Waals surface area (Å²) in [7, 11) is 0. The molecule has 2 amide bonds. The minimum atomic E-state index is -0.678. The normalized spacial score (nSPS) is 20.8. The van der Waals surface area contributed by atoms with E-state index >= 15 is 0 Å². The van der Waals surface area contributed by atoms with Gasteiger partial charge in [0.15, 0.2) is 0 Å². The van der Waals surface area contributed by atoms with Crippen molar-refractivity contribution in [3.8, 4) is 0 Å². The van der Waals surface area contributed by atoms with Crippen molar-refractivity contribution in [1.29, 1.82) is 0 Å². The fourth-order valence-electron chi connectivity index (χ4n) is 2.79. The van der Waals surface area contributed by atoms with Gasteiger partial charge in [-0.2, -0.15) is 0 Å². The first-order chi connectivity index (χ1) is 11.1. The molecule has 132 valence electrons. The summed E-state index contributed by atoms with van der Waals surface area (Å²) in [6.07, 6.45) is 1.69. The lowest BCUT2D eigenvalue weighted by Crippen LogP contribution is -2.45. The van der Waals surface area contributed by atoms with E-state index in [0.717, 1.165) is 16.9 Å².